The van der Waals surface area contributed by atoms with Gasteiger partial charge < -0.3 is 20.1 Å². The van der Waals surface area contributed by atoms with Crippen molar-refractivity contribution in [2.24, 2.45) is 18.4 Å². The molecule has 11 nitrogen and oxygen atoms in total. The zero-order valence-electron chi connectivity index (χ0n) is 24.4. The number of halogens is 1. The molecule has 2 N–H and O–H groups in total. The van der Waals surface area contributed by atoms with Gasteiger partial charge in [0.15, 0.2) is 5.82 Å². The van der Waals surface area contributed by atoms with Crippen molar-refractivity contribution in [1.82, 2.24) is 35.5 Å². The topological polar surface area (TPSA) is 136 Å². The number of aromatic nitrogens is 6. The molecule has 1 aliphatic carbocycles. The third-order valence-corrected chi connectivity index (χ3v) is 8.55. The van der Waals surface area contributed by atoms with Gasteiger partial charge in [0.05, 0.1) is 35.9 Å². The lowest BCUT2D eigenvalue weighted by Crippen LogP contribution is -2.41. The number of anilines is 1. The minimum Gasteiger partial charge on any atom is -0.381 e. The fourth-order valence-electron chi connectivity index (χ4n) is 5.81. The van der Waals surface area contributed by atoms with Crippen LogP contribution in [-0.2, 0) is 29.5 Å². The SMILES string of the molecule is C[C@H](COCc1nnn(C)n1)NC1CCC(Cc2cc(-c3cccc(NCC4(C#N)CCOCC4)n3)c(Cl)cn2)CC1. The largest absolute Gasteiger partial charge is 0.381 e. The van der Waals surface area contributed by atoms with Gasteiger partial charge in [0.1, 0.15) is 12.4 Å². The summed E-state index contributed by atoms with van der Waals surface area (Å²) in [5.41, 5.74) is 2.29. The van der Waals surface area contributed by atoms with Gasteiger partial charge >= 0.3 is 0 Å². The maximum Gasteiger partial charge on any atom is 0.200 e. The Morgan fingerprint density at radius 3 is 2.79 bits per heavy atom. The van der Waals surface area contributed by atoms with E-state index in [2.05, 4.69) is 50.1 Å². The second-order valence-electron chi connectivity index (χ2n) is 11.6. The molecule has 0 aromatic carbocycles. The average Bonchev–Trinajstić information content (AvgIpc) is 3.43. The van der Waals surface area contributed by atoms with Gasteiger partial charge in [0.2, 0.25) is 0 Å². The first-order valence-electron chi connectivity index (χ1n) is 14.8. The number of ether oxygens (including phenoxy) is 2. The minimum absolute atomic E-state index is 0.253. The number of nitriles is 1. The monoisotopic (exact) mass is 593 g/mol. The molecule has 0 radical (unpaired) electrons. The molecule has 1 aliphatic heterocycles. The quantitative estimate of drug-likeness (QED) is 0.312. The fourth-order valence-corrected chi connectivity index (χ4v) is 6.01. The number of hydrogen-bond acceptors (Lipinski definition) is 10. The Balaban J connectivity index is 1.10. The highest BCUT2D eigenvalue weighted by molar-refractivity contribution is 6.33. The predicted molar refractivity (Wildman–Crippen MR) is 160 cm³/mol. The third-order valence-electron chi connectivity index (χ3n) is 8.25. The standard InChI is InChI=1S/C30H40ClN9O2/c1-21(17-42-18-29-37-39-40(2)38-29)35-23-8-6-22(7-9-23)14-24-15-25(26(31)16-33-24)27-4-3-5-28(36-27)34-20-30(19-32)10-12-41-13-11-30/h3-5,15-16,21-23,35H,6-14,17-18,20H2,1-2H3,(H,34,36)/t21-,22?,23?/m1/s1. The number of nitrogens with one attached hydrogen (secondary N) is 2. The first kappa shape index (κ1) is 30.3. The van der Waals surface area contributed by atoms with Crippen LogP contribution >= 0.6 is 11.6 Å². The Bertz CT molecular complexity index is 1350. The van der Waals surface area contributed by atoms with E-state index in [-0.39, 0.29) is 6.04 Å². The third kappa shape index (κ3) is 8.22. The van der Waals surface area contributed by atoms with Crippen LogP contribution in [0, 0.1) is 22.7 Å². The number of rotatable bonds is 12. The summed E-state index contributed by atoms with van der Waals surface area (Å²) in [5.74, 6) is 1.92. The highest BCUT2D eigenvalue weighted by atomic mass is 35.5. The van der Waals surface area contributed by atoms with Crippen LogP contribution in [0.4, 0.5) is 5.82 Å². The van der Waals surface area contributed by atoms with Crippen LogP contribution < -0.4 is 10.6 Å². The number of aryl methyl sites for hydroxylation is 1. The molecule has 1 atom stereocenters. The average molecular weight is 594 g/mol. The molecule has 224 valence electrons. The van der Waals surface area contributed by atoms with Gasteiger partial charge in [0, 0.05) is 49.3 Å². The van der Waals surface area contributed by atoms with Gasteiger partial charge in [-0.15, -0.1) is 10.2 Å². The molecule has 1 saturated carbocycles. The van der Waals surface area contributed by atoms with Gasteiger partial charge in [-0.3, -0.25) is 4.98 Å². The Kier molecular flexibility index (Phi) is 10.3. The maximum absolute atomic E-state index is 9.77. The summed E-state index contributed by atoms with van der Waals surface area (Å²) in [7, 11) is 1.75. The summed E-state index contributed by atoms with van der Waals surface area (Å²) in [5, 5.41) is 29.4. The van der Waals surface area contributed by atoms with Crippen LogP contribution in [0.5, 0.6) is 0 Å². The summed E-state index contributed by atoms with van der Waals surface area (Å²) in [6.07, 6.45) is 8.68. The van der Waals surface area contributed by atoms with Gasteiger partial charge in [-0.1, -0.05) is 17.7 Å². The highest BCUT2D eigenvalue weighted by Gasteiger charge is 2.32. The Morgan fingerprint density at radius 1 is 1.24 bits per heavy atom. The second kappa shape index (κ2) is 14.3. The molecule has 42 heavy (non-hydrogen) atoms. The summed E-state index contributed by atoms with van der Waals surface area (Å²) >= 11 is 6.60. The lowest BCUT2D eigenvalue weighted by molar-refractivity contribution is 0.0455. The van der Waals surface area contributed by atoms with Crippen molar-refractivity contribution in [3.8, 4) is 17.3 Å². The van der Waals surface area contributed by atoms with Crippen LogP contribution in [0.25, 0.3) is 11.3 Å². The van der Waals surface area contributed by atoms with Crippen molar-refractivity contribution in [2.45, 2.75) is 70.6 Å². The molecule has 3 aromatic rings. The Morgan fingerprint density at radius 2 is 2.05 bits per heavy atom. The van der Waals surface area contributed by atoms with Crippen LogP contribution in [0.15, 0.2) is 30.5 Å². The van der Waals surface area contributed by atoms with Crippen molar-refractivity contribution < 1.29 is 9.47 Å². The van der Waals surface area contributed by atoms with E-state index in [1.165, 1.54) is 4.80 Å². The summed E-state index contributed by atoms with van der Waals surface area (Å²) in [6.45, 7) is 4.91. The van der Waals surface area contributed by atoms with E-state index in [9.17, 15) is 5.26 Å². The summed E-state index contributed by atoms with van der Waals surface area (Å²) in [4.78, 5) is 10.9. The van der Waals surface area contributed by atoms with E-state index in [0.717, 1.165) is 67.7 Å². The molecule has 3 aromatic heterocycles. The lowest BCUT2D eigenvalue weighted by Gasteiger charge is -2.31. The number of tetrazole rings is 1. The molecule has 12 heteroatoms. The fraction of sp³-hybridized carbons (Fsp3) is 0.600. The number of pyridine rings is 2. The molecule has 2 aliphatic rings. The number of nitrogens with zero attached hydrogens (tertiary/aromatic N) is 7. The zero-order valence-corrected chi connectivity index (χ0v) is 25.2. The first-order chi connectivity index (χ1) is 20.4. The Hall–Kier alpha value is -3.17. The van der Waals surface area contributed by atoms with Crippen LogP contribution in [0.1, 0.15) is 57.0 Å². The molecule has 0 spiro atoms. The molecule has 5 rings (SSSR count). The van der Waals surface area contributed by atoms with E-state index < -0.39 is 5.41 Å². The van der Waals surface area contributed by atoms with Crippen LogP contribution in [0.2, 0.25) is 5.02 Å². The predicted octanol–water partition coefficient (Wildman–Crippen LogP) is 4.35. The van der Waals surface area contributed by atoms with Gasteiger partial charge in [-0.05, 0) is 81.2 Å². The van der Waals surface area contributed by atoms with Crippen molar-refractivity contribution in [1.29, 1.82) is 5.26 Å². The maximum atomic E-state index is 9.77. The molecule has 0 unspecified atom stereocenters. The van der Waals surface area contributed by atoms with Gasteiger partial charge in [0.25, 0.3) is 0 Å². The van der Waals surface area contributed by atoms with Gasteiger partial charge in [-0.25, -0.2) is 4.98 Å². The molecule has 4 heterocycles. The van der Waals surface area contributed by atoms with E-state index >= 15 is 0 Å². The molecule has 2 fully saturated rings. The minimum atomic E-state index is -0.423. The van der Waals surface area contributed by atoms with Crippen molar-refractivity contribution in [3.05, 3.63) is 47.0 Å². The second-order valence-corrected chi connectivity index (χ2v) is 12.0. The number of hydrogen-bond donors (Lipinski definition) is 2. The van der Waals surface area contributed by atoms with E-state index in [1.807, 2.05) is 18.2 Å². The molecule has 0 amide bonds. The summed E-state index contributed by atoms with van der Waals surface area (Å²) in [6, 6.07) is 11.2. The van der Waals surface area contributed by atoms with Crippen molar-refractivity contribution in [3.63, 3.8) is 0 Å². The van der Waals surface area contributed by atoms with E-state index in [1.54, 1.807) is 13.2 Å². The Labute approximate surface area is 252 Å². The molecular weight excluding hydrogens is 554 g/mol. The lowest BCUT2D eigenvalue weighted by atomic mass is 9.82. The molecule has 0 bridgehead atoms. The zero-order chi connectivity index (χ0) is 29.4. The summed E-state index contributed by atoms with van der Waals surface area (Å²) < 4.78 is 11.2. The van der Waals surface area contributed by atoms with Gasteiger partial charge in [-0.2, -0.15) is 10.1 Å². The van der Waals surface area contributed by atoms with Crippen molar-refractivity contribution in [2.75, 3.05) is 31.7 Å². The smallest absolute Gasteiger partial charge is 0.200 e. The normalized spacial score (nSPS) is 21.0. The van der Waals surface area contributed by atoms with Crippen LogP contribution in [0.3, 0.4) is 0 Å². The first-order valence-corrected chi connectivity index (χ1v) is 15.2. The van der Waals surface area contributed by atoms with E-state index in [0.29, 0.717) is 55.8 Å². The van der Waals surface area contributed by atoms with E-state index in [4.69, 9.17) is 26.1 Å². The molecule has 1 saturated heterocycles. The highest BCUT2D eigenvalue weighted by Crippen LogP contribution is 2.32. The molecular formula is C30H40ClN9O2. The van der Waals surface area contributed by atoms with Crippen LogP contribution in [-0.4, -0.2) is 68.6 Å². The van der Waals surface area contributed by atoms with Crippen molar-refractivity contribution >= 4 is 17.4 Å².